The molecular weight excluding hydrogens is 395 g/mol. The van der Waals surface area contributed by atoms with Crippen LogP contribution in [0.3, 0.4) is 0 Å². The zero-order valence-electron chi connectivity index (χ0n) is 15.5. The molecule has 1 amide bonds. The van der Waals surface area contributed by atoms with E-state index in [2.05, 4.69) is 11.9 Å². The smallest absolute Gasteiger partial charge is 0.220 e. The number of nitrogens with two attached hydrogens (primary N) is 1. The van der Waals surface area contributed by atoms with E-state index in [0.717, 1.165) is 17.4 Å². The van der Waals surface area contributed by atoms with Crippen LogP contribution in [0, 0.1) is 5.92 Å². The summed E-state index contributed by atoms with van der Waals surface area (Å²) in [4.78, 5) is 25.3. The largest absolute Gasteiger partial charge is 0.398 e. The van der Waals surface area contributed by atoms with Gasteiger partial charge >= 0.3 is 0 Å². The summed E-state index contributed by atoms with van der Waals surface area (Å²) in [6, 6.07) is 12.5. The van der Waals surface area contributed by atoms with Crippen molar-refractivity contribution in [3.05, 3.63) is 75.8 Å². The first-order valence-corrected chi connectivity index (χ1v) is 9.74. The van der Waals surface area contributed by atoms with Gasteiger partial charge in [-0.3, -0.25) is 4.79 Å². The van der Waals surface area contributed by atoms with Gasteiger partial charge in [0.05, 0.1) is 5.41 Å². The van der Waals surface area contributed by atoms with Gasteiger partial charge in [0, 0.05) is 40.5 Å². The normalized spacial score (nSPS) is 24.9. The fourth-order valence-electron chi connectivity index (χ4n) is 4.28. The Hall–Kier alpha value is -2.30. The molecule has 1 saturated heterocycles. The molecular formula is C22H22Cl2N2O2. The molecule has 146 valence electrons. The Bertz CT molecular complexity index is 944. The molecule has 1 aliphatic rings. The lowest BCUT2D eigenvalue weighted by atomic mass is 9.59. The molecule has 0 bridgehead atoms. The second-order valence-electron chi connectivity index (χ2n) is 7.30. The first-order chi connectivity index (χ1) is 13.3. The van der Waals surface area contributed by atoms with Crippen molar-refractivity contribution in [3.63, 3.8) is 0 Å². The fraction of sp³-hybridized carbons (Fsp3) is 0.273. The van der Waals surface area contributed by atoms with E-state index in [-0.39, 0.29) is 24.8 Å². The number of aldehydes is 1. The number of hydrogen-bond acceptors (Lipinski definition) is 3. The zero-order valence-corrected chi connectivity index (χ0v) is 17.1. The number of carbonyl (C=O) groups is 2. The van der Waals surface area contributed by atoms with Gasteiger partial charge in [0.2, 0.25) is 5.91 Å². The Kier molecular flexibility index (Phi) is 5.82. The summed E-state index contributed by atoms with van der Waals surface area (Å²) >= 11 is 12.3. The fourth-order valence-corrected chi connectivity index (χ4v) is 4.66. The van der Waals surface area contributed by atoms with Crippen LogP contribution in [-0.4, -0.2) is 18.7 Å². The highest BCUT2D eigenvalue weighted by Crippen LogP contribution is 2.50. The van der Waals surface area contributed by atoms with Gasteiger partial charge in [-0.25, -0.2) is 0 Å². The van der Waals surface area contributed by atoms with Gasteiger partial charge in [-0.15, -0.1) is 0 Å². The highest BCUT2D eigenvalue weighted by molar-refractivity contribution is 6.31. The van der Waals surface area contributed by atoms with E-state index in [0.29, 0.717) is 21.3 Å². The molecule has 1 fully saturated rings. The van der Waals surface area contributed by atoms with Gasteiger partial charge in [-0.1, -0.05) is 53.6 Å². The van der Waals surface area contributed by atoms with Crippen LogP contribution in [0.1, 0.15) is 30.4 Å². The van der Waals surface area contributed by atoms with Crippen molar-refractivity contribution in [2.75, 3.05) is 12.3 Å². The minimum atomic E-state index is -1.09. The zero-order chi connectivity index (χ0) is 20.5. The summed E-state index contributed by atoms with van der Waals surface area (Å²) in [5.41, 5.74) is 7.87. The van der Waals surface area contributed by atoms with Crippen LogP contribution in [0.25, 0.3) is 0 Å². The third kappa shape index (κ3) is 3.54. The monoisotopic (exact) mass is 416 g/mol. The molecule has 3 rings (SSSR count). The molecule has 2 aromatic carbocycles. The van der Waals surface area contributed by atoms with Crippen molar-refractivity contribution in [2.45, 2.75) is 24.7 Å². The number of nitrogen functional groups attached to an aromatic ring is 1. The summed E-state index contributed by atoms with van der Waals surface area (Å²) in [5.74, 6) is -0.934. The topological polar surface area (TPSA) is 72.2 Å². The van der Waals surface area contributed by atoms with E-state index < -0.39 is 11.3 Å². The molecule has 0 radical (unpaired) electrons. The van der Waals surface area contributed by atoms with Crippen LogP contribution in [-0.2, 0) is 15.0 Å². The molecule has 3 atom stereocenters. The van der Waals surface area contributed by atoms with E-state index in [1.807, 2.05) is 25.1 Å². The summed E-state index contributed by atoms with van der Waals surface area (Å²) < 4.78 is 0. The van der Waals surface area contributed by atoms with Crippen molar-refractivity contribution in [1.29, 1.82) is 0 Å². The third-order valence-corrected chi connectivity index (χ3v) is 6.04. The number of halogens is 2. The summed E-state index contributed by atoms with van der Waals surface area (Å²) in [6.07, 6.45) is 1.06. The summed E-state index contributed by atoms with van der Waals surface area (Å²) in [5, 5.41) is 3.98. The Morgan fingerprint density at radius 3 is 2.57 bits per heavy atom. The van der Waals surface area contributed by atoms with Crippen LogP contribution < -0.4 is 11.1 Å². The van der Waals surface area contributed by atoms with E-state index in [9.17, 15) is 9.59 Å². The molecule has 0 saturated carbocycles. The second kappa shape index (κ2) is 7.98. The van der Waals surface area contributed by atoms with Crippen LogP contribution in [0.5, 0.6) is 0 Å². The Morgan fingerprint density at radius 1 is 1.25 bits per heavy atom. The molecule has 3 N–H and O–H groups in total. The van der Waals surface area contributed by atoms with E-state index in [1.54, 1.807) is 24.3 Å². The van der Waals surface area contributed by atoms with Crippen molar-refractivity contribution in [1.82, 2.24) is 5.32 Å². The minimum absolute atomic E-state index is 0.128. The van der Waals surface area contributed by atoms with Gasteiger partial charge in [-0.05, 0) is 42.3 Å². The molecule has 6 heteroatoms. The molecule has 4 nitrogen and oxygen atoms in total. The van der Waals surface area contributed by atoms with E-state index >= 15 is 0 Å². The summed E-state index contributed by atoms with van der Waals surface area (Å²) in [6.45, 7) is 6.20. The SMILES string of the molecule is C=C(C)C1CC(=O)NC[C@@H](c2cccc(Cl)c2)[C@@]1(C=O)c1ccc(Cl)cc1N. The molecule has 1 unspecified atom stereocenters. The van der Waals surface area contributed by atoms with Gasteiger partial charge in [0.1, 0.15) is 6.29 Å². The number of amides is 1. The van der Waals surface area contributed by atoms with Crippen molar-refractivity contribution >= 4 is 41.1 Å². The molecule has 1 heterocycles. The highest BCUT2D eigenvalue weighted by Gasteiger charge is 2.51. The Balaban J connectivity index is 2.34. The lowest BCUT2D eigenvalue weighted by molar-refractivity contribution is -0.121. The van der Waals surface area contributed by atoms with Crippen LogP contribution in [0.15, 0.2) is 54.6 Å². The maximum Gasteiger partial charge on any atom is 0.220 e. The summed E-state index contributed by atoms with van der Waals surface area (Å²) in [7, 11) is 0. The quantitative estimate of drug-likeness (QED) is 0.437. The second-order valence-corrected chi connectivity index (χ2v) is 8.17. The number of allylic oxidation sites excluding steroid dienone is 1. The highest BCUT2D eigenvalue weighted by atomic mass is 35.5. The van der Waals surface area contributed by atoms with Crippen LogP contribution in [0.2, 0.25) is 10.0 Å². The average molecular weight is 417 g/mol. The molecule has 2 aromatic rings. The predicted octanol–water partition coefficient (Wildman–Crippen LogP) is 4.51. The number of hydrogen-bond donors (Lipinski definition) is 2. The lowest BCUT2D eigenvalue weighted by Gasteiger charge is -2.42. The van der Waals surface area contributed by atoms with Gasteiger partial charge in [0.25, 0.3) is 0 Å². The Labute approximate surface area is 174 Å². The Morgan fingerprint density at radius 2 is 1.96 bits per heavy atom. The van der Waals surface area contributed by atoms with Crippen molar-refractivity contribution < 1.29 is 9.59 Å². The van der Waals surface area contributed by atoms with Crippen molar-refractivity contribution in [3.8, 4) is 0 Å². The van der Waals surface area contributed by atoms with Crippen LogP contribution >= 0.6 is 23.2 Å². The maximum atomic E-state index is 12.9. The number of nitrogens with one attached hydrogen (secondary N) is 1. The minimum Gasteiger partial charge on any atom is -0.398 e. The number of benzene rings is 2. The van der Waals surface area contributed by atoms with E-state index in [1.165, 1.54) is 0 Å². The maximum absolute atomic E-state index is 12.9. The first-order valence-electron chi connectivity index (χ1n) is 8.99. The average Bonchev–Trinajstić information content (AvgIpc) is 2.79. The van der Waals surface area contributed by atoms with Crippen molar-refractivity contribution in [2.24, 2.45) is 5.92 Å². The lowest BCUT2D eigenvalue weighted by Crippen LogP contribution is -2.45. The van der Waals surface area contributed by atoms with E-state index in [4.69, 9.17) is 28.9 Å². The van der Waals surface area contributed by atoms with Gasteiger partial charge < -0.3 is 15.8 Å². The molecule has 0 spiro atoms. The third-order valence-electron chi connectivity index (χ3n) is 5.57. The molecule has 0 aliphatic carbocycles. The molecule has 1 aliphatic heterocycles. The molecule has 28 heavy (non-hydrogen) atoms. The predicted molar refractivity (Wildman–Crippen MR) is 114 cm³/mol. The number of anilines is 1. The van der Waals surface area contributed by atoms with Crippen LogP contribution in [0.4, 0.5) is 5.69 Å². The van der Waals surface area contributed by atoms with Gasteiger partial charge in [-0.2, -0.15) is 0 Å². The number of carbonyl (C=O) groups excluding carboxylic acids is 2. The molecule has 0 aromatic heterocycles. The first kappa shape index (κ1) is 20.4. The van der Waals surface area contributed by atoms with Gasteiger partial charge in [0.15, 0.2) is 0 Å². The standard InChI is InChI=1S/C22H22Cl2N2O2/c1-13(2)18-10-21(28)26-11-19(14-4-3-5-15(23)8-14)22(18,12-27)17-7-6-16(24)9-20(17)25/h3-9,12,18-19H,1,10-11,25H2,2H3,(H,26,28)/t18?,19-,22-/m0/s1. The number of rotatable bonds is 4.